The Morgan fingerprint density at radius 1 is 1.39 bits per heavy atom. The average molecular weight is 354 g/mol. The van der Waals surface area contributed by atoms with Crippen molar-refractivity contribution in [2.75, 3.05) is 5.32 Å². The van der Waals surface area contributed by atoms with Crippen LogP contribution in [0.5, 0.6) is 5.75 Å². The van der Waals surface area contributed by atoms with E-state index in [1.54, 1.807) is 30.5 Å². The van der Waals surface area contributed by atoms with E-state index in [2.05, 4.69) is 32.9 Å². The van der Waals surface area contributed by atoms with Crippen molar-refractivity contribution in [1.82, 2.24) is 4.98 Å². The molecule has 0 saturated carbocycles. The molecule has 0 aliphatic carbocycles. The molecule has 2 N–H and O–H groups in total. The van der Waals surface area contributed by atoms with Crippen LogP contribution in [0.15, 0.2) is 36.5 Å². The number of hydrogen-bond donors (Lipinski definition) is 2. The van der Waals surface area contributed by atoms with Gasteiger partial charge in [-0.2, -0.15) is 0 Å². The lowest BCUT2D eigenvalue weighted by Gasteiger charge is -2.08. The number of phenolic OH excluding ortho intramolecular Hbond substituents is 1. The summed E-state index contributed by atoms with van der Waals surface area (Å²) in [6.45, 7) is 1.81. The summed E-state index contributed by atoms with van der Waals surface area (Å²) in [5.74, 6) is -0.378. The number of phenols is 1. The number of aromatic hydroxyl groups is 1. The summed E-state index contributed by atoms with van der Waals surface area (Å²) in [7, 11) is 0. The van der Waals surface area contributed by atoms with Crippen LogP contribution >= 0.6 is 22.6 Å². The predicted octanol–water partition coefficient (Wildman–Crippen LogP) is 2.95. The Morgan fingerprint density at radius 2 is 2.17 bits per heavy atom. The van der Waals surface area contributed by atoms with Crippen molar-refractivity contribution in [3.8, 4) is 5.75 Å². The number of carbonyl (C=O) groups is 1. The fourth-order valence-electron chi connectivity index (χ4n) is 1.50. The molecule has 2 rings (SSSR count). The number of anilines is 1. The molecule has 0 atom stereocenters. The Bertz CT molecular complexity index is 599. The fourth-order valence-corrected chi connectivity index (χ4v) is 1.99. The first-order valence-corrected chi connectivity index (χ1v) is 6.37. The van der Waals surface area contributed by atoms with Crippen LogP contribution in [0.4, 0.5) is 5.69 Å². The molecule has 2 aromatic rings. The van der Waals surface area contributed by atoms with Crippen molar-refractivity contribution in [1.29, 1.82) is 0 Å². The lowest BCUT2D eigenvalue weighted by Crippen LogP contribution is -2.13. The molecule has 1 heterocycles. The monoisotopic (exact) mass is 354 g/mol. The maximum atomic E-state index is 12.0. The van der Waals surface area contributed by atoms with Crippen LogP contribution in [0.1, 0.15) is 16.1 Å². The largest absolute Gasteiger partial charge is 0.507 e. The van der Waals surface area contributed by atoms with Crippen molar-refractivity contribution in [3.63, 3.8) is 0 Å². The summed E-state index contributed by atoms with van der Waals surface area (Å²) in [4.78, 5) is 16.1. The minimum atomic E-state index is -0.345. The highest BCUT2D eigenvalue weighted by atomic mass is 127. The molecular formula is C13H11IN2O2. The van der Waals surface area contributed by atoms with Gasteiger partial charge in [0.1, 0.15) is 5.75 Å². The van der Waals surface area contributed by atoms with Crippen LogP contribution < -0.4 is 5.32 Å². The Morgan fingerprint density at radius 3 is 2.89 bits per heavy atom. The van der Waals surface area contributed by atoms with Gasteiger partial charge in [-0.05, 0) is 59.8 Å². The lowest BCUT2D eigenvalue weighted by molar-refractivity contribution is 0.102. The Balaban J connectivity index is 2.28. The highest BCUT2D eigenvalue weighted by Crippen LogP contribution is 2.21. The molecule has 0 radical (unpaired) electrons. The quantitative estimate of drug-likeness (QED) is 0.816. The predicted molar refractivity (Wildman–Crippen MR) is 77.8 cm³/mol. The molecular weight excluding hydrogens is 343 g/mol. The van der Waals surface area contributed by atoms with E-state index >= 15 is 0 Å². The van der Waals surface area contributed by atoms with Gasteiger partial charge >= 0.3 is 0 Å². The van der Waals surface area contributed by atoms with E-state index in [0.29, 0.717) is 5.69 Å². The Labute approximate surface area is 118 Å². The maximum Gasteiger partial charge on any atom is 0.259 e. The number of rotatable bonds is 2. The first-order valence-electron chi connectivity index (χ1n) is 5.29. The number of aromatic nitrogens is 1. The van der Waals surface area contributed by atoms with Gasteiger partial charge in [0.15, 0.2) is 0 Å². The van der Waals surface area contributed by atoms with E-state index in [9.17, 15) is 9.90 Å². The topological polar surface area (TPSA) is 62.2 Å². The van der Waals surface area contributed by atoms with Crippen LogP contribution in [-0.4, -0.2) is 16.0 Å². The number of nitrogens with one attached hydrogen (secondary N) is 1. The average Bonchev–Trinajstić information content (AvgIpc) is 2.35. The summed E-state index contributed by atoms with van der Waals surface area (Å²) < 4.78 is 0.887. The SMILES string of the molecule is Cc1ncccc1NC(=O)c1cc(I)ccc1O. The van der Waals surface area contributed by atoms with Gasteiger partial charge < -0.3 is 10.4 Å². The molecule has 1 aromatic heterocycles. The van der Waals surface area contributed by atoms with Crippen molar-refractivity contribution in [2.24, 2.45) is 0 Å². The zero-order chi connectivity index (χ0) is 13.1. The number of halogens is 1. The van der Waals surface area contributed by atoms with Crippen LogP contribution in [0, 0.1) is 10.5 Å². The van der Waals surface area contributed by atoms with Gasteiger partial charge in [-0.3, -0.25) is 9.78 Å². The molecule has 0 bridgehead atoms. The molecule has 1 aromatic carbocycles. The molecule has 4 nitrogen and oxygen atoms in total. The Hall–Kier alpha value is -1.63. The number of aryl methyl sites for hydroxylation is 1. The third kappa shape index (κ3) is 2.79. The van der Waals surface area contributed by atoms with Gasteiger partial charge in [0.2, 0.25) is 0 Å². The first kappa shape index (κ1) is 12.8. The second kappa shape index (κ2) is 5.34. The van der Waals surface area contributed by atoms with Crippen molar-refractivity contribution in [2.45, 2.75) is 6.92 Å². The van der Waals surface area contributed by atoms with E-state index in [4.69, 9.17) is 0 Å². The minimum Gasteiger partial charge on any atom is -0.507 e. The zero-order valence-corrected chi connectivity index (χ0v) is 11.8. The molecule has 0 spiro atoms. The second-order valence-corrected chi connectivity index (χ2v) is 5.00. The first-order chi connectivity index (χ1) is 8.58. The number of amides is 1. The standard InChI is InChI=1S/C13H11IN2O2/c1-8-11(3-2-6-15-8)16-13(18)10-7-9(14)4-5-12(10)17/h2-7,17H,1H3,(H,16,18). The van der Waals surface area contributed by atoms with Gasteiger partial charge in [0.05, 0.1) is 16.9 Å². The normalized spacial score (nSPS) is 10.1. The number of pyridine rings is 1. The van der Waals surface area contributed by atoms with Gasteiger partial charge in [-0.25, -0.2) is 0 Å². The van der Waals surface area contributed by atoms with E-state index in [0.717, 1.165) is 9.26 Å². The molecule has 5 heteroatoms. The minimum absolute atomic E-state index is 0.0329. The van der Waals surface area contributed by atoms with Gasteiger partial charge in [-0.15, -0.1) is 0 Å². The smallest absolute Gasteiger partial charge is 0.259 e. The lowest BCUT2D eigenvalue weighted by atomic mass is 10.2. The third-order valence-electron chi connectivity index (χ3n) is 2.46. The Kier molecular flexibility index (Phi) is 3.81. The summed E-state index contributed by atoms with van der Waals surface area (Å²) >= 11 is 2.09. The third-order valence-corrected chi connectivity index (χ3v) is 3.13. The summed E-state index contributed by atoms with van der Waals surface area (Å²) in [5, 5.41) is 12.4. The zero-order valence-electron chi connectivity index (χ0n) is 9.64. The van der Waals surface area contributed by atoms with Gasteiger partial charge in [0, 0.05) is 9.77 Å². The second-order valence-electron chi connectivity index (χ2n) is 3.75. The van der Waals surface area contributed by atoms with Crippen molar-refractivity contribution < 1.29 is 9.90 Å². The van der Waals surface area contributed by atoms with Crippen LogP contribution in [0.25, 0.3) is 0 Å². The summed E-state index contributed by atoms with van der Waals surface area (Å²) in [6.07, 6.45) is 1.66. The highest BCUT2D eigenvalue weighted by molar-refractivity contribution is 14.1. The number of carbonyl (C=O) groups excluding carboxylic acids is 1. The molecule has 0 aliphatic rings. The van der Waals surface area contributed by atoms with E-state index < -0.39 is 0 Å². The molecule has 0 saturated heterocycles. The summed E-state index contributed by atoms with van der Waals surface area (Å²) in [5.41, 5.74) is 1.63. The van der Waals surface area contributed by atoms with Crippen LogP contribution in [0.2, 0.25) is 0 Å². The van der Waals surface area contributed by atoms with Crippen LogP contribution in [0.3, 0.4) is 0 Å². The van der Waals surface area contributed by atoms with Gasteiger partial charge in [0.25, 0.3) is 5.91 Å². The molecule has 92 valence electrons. The van der Waals surface area contributed by atoms with E-state index in [-0.39, 0.29) is 17.2 Å². The number of benzene rings is 1. The van der Waals surface area contributed by atoms with Crippen LogP contribution in [-0.2, 0) is 0 Å². The maximum absolute atomic E-state index is 12.0. The van der Waals surface area contributed by atoms with E-state index in [1.165, 1.54) is 6.07 Å². The molecule has 0 aliphatic heterocycles. The highest BCUT2D eigenvalue weighted by Gasteiger charge is 2.12. The molecule has 0 fully saturated rings. The number of hydrogen-bond acceptors (Lipinski definition) is 3. The van der Waals surface area contributed by atoms with Crippen molar-refractivity contribution >= 4 is 34.2 Å². The fraction of sp³-hybridized carbons (Fsp3) is 0.0769. The number of nitrogens with zero attached hydrogens (tertiary/aromatic N) is 1. The molecule has 1 amide bonds. The summed E-state index contributed by atoms with van der Waals surface area (Å²) in [6, 6.07) is 8.40. The van der Waals surface area contributed by atoms with Gasteiger partial charge in [-0.1, -0.05) is 0 Å². The van der Waals surface area contributed by atoms with E-state index in [1.807, 2.05) is 6.92 Å². The molecule has 18 heavy (non-hydrogen) atoms. The van der Waals surface area contributed by atoms with Crippen molar-refractivity contribution in [3.05, 3.63) is 51.4 Å². The molecule has 0 unspecified atom stereocenters.